The second-order valence-electron chi connectivity index (χ2n) is 7.37. The van der Waals surface area contributed by atoms with Crippen LogP contribution >= 0.6 is 22.9 Å². The Morgan fingerprint density at radius 3 is 2.31 bits per heavy atom. The van der Waals surface area contributed by atoms with Gasteiger partial charge in [-0.25, -0.2) is 13.2 Å². The zero-order valence-electron chi connectivity index (χ0n) is 17.4. The Kier molecular flexibility index (Phi) is 5.70. The molecule has 0 saturated carbocycles. The minimum atomic E-state index is -4.34. The number of carbonyl (C=O) groups is 1. The van der Waals surface area contributed by atoms with Crippen molar-refractivity contribution < 1.29 is 17.6 Å². The first-order valence-electron chi connectivity index (χ1n) is 9.55. The molecular formula is C23H18ClNO5S2. The third kappa shape index (κ3) is 3.85. The van der Waals surface area contributed by atoms with Crippen LogP contribution in [0.5, 0.6) is 0 Å². The molecule has 0 aliphatic heterocycles. The Morgan fingerprint density at radius 1 is 1.00 bits per heavy atom. The zero-order valence-corrected chi connectivity index (χ0v) is 19.8. The first-order valence-corrected chi connectivity index (χ1v) is 12.2. The molecule has 0 bridgehead atoms. The maximum Gasteiger partial charge on any atom is 0.396 e. The summed E-state index contributed by atoms with van der Waals surface area (Å²) in [6.07, 6.45) is 0. The number of carbonyl (C=O) groups excluding carboxylic acids is 1. The van der Waals surface area contributed by atoms with Gasteiger partial charge in [-0.1, -0.05) is 52.8 Å². The molecule has 3 aromatic carbocycles. The lowest BCUT2D eigenvalue weighted by Gasteiger charge is -2.25. The summed E-state index contributed by atoms with van der Waals surface area (Å²) in [7, 11) is -4.34. The molecular weight excluding hydrogens is 470 g/mol. The first-order chi connectivity index (χ1) is 15.1. The summed E-state index contributed by atoms with van der Waals surface area (Å²) in [5.41, 5.74) is 2.39. The smallest absolute Gasteiger partial charge is 0.396 e. The molecule has 0 N–H and O–H groups in total. The fraction of sp³-hybridized carbons (Fsp3) is 0.130. The number of rotatable bonds is 4. The minimum absolute atomic E-state index is 0.0423. The Bertz CT molecular complexity index is 1510. The van der Waals surface area contributed by atoms with E-state index in [0.29, 0.717) is 21.4 Å². The highest BCUT2D eigenvalue weighted by atomic mass is 35.5. The van der Waals surface area contributed by atoms with E-state index in [9.17, 15) is 18.0 Å². The van der Waals surface area contributed by atoms with E-state index in [1.54, 1.807) is 38.1 Å². The molecule has 4 rings (SSSR count). The van der Waals surface area contributed by atoms with Crippen molar-refractivity contribution in [1.82, 2.24) is 0 Å². The van der Waals surface area contributed by atoms with Crippen molar-refractivity contribution in [2.45, 2.75) is 25.7 Å². The first kappa shape index (κ1) is 22.3. The molecule has 32 heavy (non-hydrogen) atoms. The van der Waals surface area contributed by atoms with Gasteiger partial charge in [-0.05, 0) is 62.2 Å². The van der Waals surface area contributed by atoms with Gasteiger partial charge in [0, 0.05) is 0 Å². The average Bonchev–Trinajstić information content (AvgIpc) is 3.06. The minimum Gasteiger partial charge on any atom is -0.414 e. The van der Waals surface area contributed by atoms with Crippen LogP contribution < -0.4 is 9.24 Å². The lowest BCUT2D eigenvalue weighted by Crippen LogP contribution is -2.38. The quantitative estimate of drug-likeness (QED) is 0.381. The molecule has 0 aliphatic carbocycles. The van der Waals surface area contributed by atoms with E-state index in [4.69, 9.17) is 16.0 Å². The average molecular weight is 488 g/mol. The van der Waals surface area contributed by atoms with Crippen molar-refractivity contribution in [3.05, 3.63) is 91.6 Å². The summed E-state index contributed by atoms with van der Waals surface area (Å²) < 4.78 is 34.1. The lowest BCUT2D eigenvalue weighted by atomic mass is 10.1. The number of benzene rings is 3. The number of sulfonamides is 1. The maximum absolute atomic E-state index is 13.9. The number of hydrogen-bond acceptors (Lipinski definition) is 6. The predicted molar refractivity (Wildman–Crippen MR) is 126 cm³/mol. The molecule has 0 spiro atoms. The van der Waals surface area contributed by atoms with Gasteiger partial charge < -0.3 is 4.42 Å². The molecule has 0 fully saturated rings. The summed E-state index contributed by atoms with van der Waals surface area (Å²) in [4.78, 5) is 24.8. The molecule has 4 aromatic rings. The highest BCUT2D eigenvalue weighted by Crippen LogP contribution is 2.33. The van der Waals surface area contributed by atoms with Crippen LogP contribution in [-0.2, 0) is 10.0 Å². The molecule has 6 nitrogen and oxygen atoms in total. The van der Waals surface area contributed by atoms with Crippen LogP contribution in [0.4, 0.5) is 5.69 Å². The van der Waals surface area contributed by atoms with E-state index < -0.39 is 20.9 Å². The van der Waals surface area contributed by atoms with Gasteiger partial charge in [0.05, 0.1) is 25.9 Å². The van der Waals surface area contributed by atoms with Crippen LogP contribution in [0, 0.1) is 20.8 Å². The normalized spacial score (nSPS) is 11.6. The fourth-order valence-corrected chi connectivity index (χ4v) is 6.50. The number of hydrogen-bond donors (Lipinski definition) is 0. The highest BCUT2D eigenvalue weighted by Gasteiger charge is 2.35. The van der Waals surface area contributed by atoms with Gasteiger partial charge in [-0.2, -0.15) is 4.31 Å². The van der Waals surface area contributed by atoms with Crippen molar-refractivity contribution in [2.24, 2.45) is 0 Å². The monoisotopic (exact) mass is 487 g/mol. The summed E-state index contributed by atoms with van der Waals surface area (Å²) in [5.74, 6) is -0.801. The van der Waals surface area contributed by atoms with E-state index in [0.717, 1.165) is 21.2 Å². The molecule has 1 amide bonds. The Labute approximate surface area is 193 Å². The SMILES string of the molecule is Cc1cc(C)c(S(=O)(=O)N(C(=O)c2ccccc2Cl)c2ccc3oc(=O)sc3c2)c(C)c1. The van der Waals surface area contributed by atoms with Gasteiger partial charge in [0.15, 0.2) is 0 Å². The second-order valence-corrected chi connectivity index (χ2v) is 10.5. The predicted octanol–water partition coefficient (Wildman–Crippen LogP) is 5.47. The second kappa shape index (κ2) is 8.20. The highest BCUT2D eigenvalue weighted by molar-refractivity contribution is 7.93. The van der Waals surface area contributed by atoms with Gasteiger partial charge in [-0.3, -0.25) is 4.79 Å². The van der Waals surface area contributed by atoms with Gasteiger partial charge in [-0.15, -0.1) is 0 Å². The van der Waals surface area contributed by atoms with E-state index in [1.807, 2.05) is 6.92 Å². The summed E-state index contributed by atoms with van der Waals surface area (Å²) in [5, 5.41) is 0.129. The lowest BCUT2D eigenvalue weighted by molar-refractivity contribution is 0.101. The standard InChI is InChI=1S/C23H18ClNO5S2/c1-13-10-14(2)21(15(3)11-13)32(28,29)25(22(26)17-6-4-5-7-18(17)24)16-8-9-19-20(12-16)31-23(27)30-19/h4-12H,1-3H3. The molecule has 9 heteroatoms. The summed E-state index contributed by atoms with van der Waals surface area (Å²) >= 11 is 7.06. The Hall–Kier alpha value is -2.94. The molecule has 0 unspecified atom stereocenters. The van der Waals surface area contributed by atoms with Crippen LogP contribution in [-0.4, -0.2) is 14.3 Å². The third-order valence-electron chi connectivity index (χ3n) is 4.94. The van der Waals surface area contributed by atoms with Gasteiger partial charge in [0.2, 0.25) is 0 Å². The van der Waals surface area contributed by atoms with Crippen LogP contribution in [0.2, 0.25) is 5.02 Å². The fourth-order valence-electron chi connectivity index (χ4n) is 3.76. The molecule has 164 valence electrons. The van der Waals surface area contributed by atoms with Crippen molar-refractivity contribution in [1.29, 1.82) is 0 Å². The largest absolute Gasteiger partial charge is 0.414 e. The molecule has 0 aliphatic rings. The molecule has 0 saturated heterocycles. The molecule has 0 atom stereocenters. The van der Waals surface area contributed by atoms with E-state index in [2.05, 4.69) is 0 Å². The van der Waals surface area contributed by atoms with E-state index in [1.165, 1.54) is 30.3 Å². The van der Waals surface area contributed by atoms with Crippen LogP contribution in [0.25, 0.3) is 10.3 Å². The van der Waals surface area contributed by atoms with Gasteiger partial charge >= 0.3 is 4.94 Å². The molecule has 1 heterocycles. The van der Waals surface area contributed by atoms with Crippen LogP contribution in [0.15, 0.2) is 68.7 Å². The molecule has 1 aromatic heterocycles. The van der Waals surface area contributed by atoms with Crippen molar-refractivity contribution in [3.8, 4) is 0 Å². The van der Waals surface area contributed by atoms with Crippen LogP contribution in [0.1, 0.15) is 27.0 Å². The maximum atomic E-state index is 13.9. The number of anilines is 1. The third-order valence-corrected chi connectivity index (χ3v) is 8.08. The number of aryl methyl sites for hydroxylation is 3. The number of amides is 1. The number of halogens is 1. The Balaban J connectivity index is 2.00. The van der Waals surface area contributed by atoms with Crippen molar-refractivity contribution in [2.75, 3.05) is 4.31 Å². The number of fused-ring (bicyclic) bond motifs is 1. The van der Waals surface area contributed by atoms with E-state index in [-0.39, 0.29) is 21.2 Å². The molecule has 0 radical (unpaired) electrons. The van der Waals surface area contributed by atoms with Crippen molar-refractivity contribution in [3.63, 3.8) is 0 Å². The van der Waals surface area contributed by atoms with Gasteiger partial charge in [0.1, 0.15) is 5.58 Å². The topological polar surface area (TPSA) is 84.7 Å². The van der Waals surface area contributed by atoms with Crippen LogP contribution in [0.3, 0.4) is 0 Å². The van der Waals surface area contributed by atoms with Crippen molar-refractivity contribution >= 4 is 54.8 Å². The Morgan fingerprint density at radius 2 is 1.66 bits per heavy atom. The summed E-state index contributed by atoms with van der Waals surface area (Å²) in [6.45, 7) is 5.25. The number of nitrogens with zero attached hydrogens (tertiary/aromatic N) is 1. The zero-order chi connectivity index (χ0) is 23.2. The van der Waals surface area contributed by atoms with E-state index >= 15 is 0 Å². The van der Waals surface area contributed by atoms with Gasteiger partial charge in [0.25, 0.3) is 15.9 Å². The summed E-state index contributed by atoms with van der Waals surface area (Å²) in [6, 6.07) is 14.1.